The lowest BCUT2D eigenvalue weighted by molar-refractivity contribution is 0.497. The van der Waals surface area contributed by atoms with Gasteiger partial charge in [0.2, 0.25) is 0 Å². The van der Waals surface area contributed by atoms with Gasteiger partial charge in [0.1, 0.15) is 0 Å². The van der Waals surface area contributed by atoms with E-state index in [-0.39, 0.29) is 5.56 Å². The van der Waals surface area contributed by atoms with Gasteiger partial charge in [-0.05, 0) is 43.2 Å². The normalized spacial score (nSPS) is 14.4. The second-order valence-electron chi connectivity index (χ2n) is 5.27. The number of fused-ring (bicyclic) bond motifs is 1. The van der Waals surface area contributed by atoms with Gasteiger partial charge in [-0.25, -0.2) is 0 Å². The summed E-state index contributed by atoms with van der Waals surface area (Å²) in [6.45, 7) is 5.22. The number of rotatable bonds is 4. The van der Waals surface area contributed by atoms with E-state index in [1.54, 1.807) is 0 Å². The third-order valence-corrected chi connectivity index (χ3v) is 3.79. The molecule has 1 aromatic rings. The number of pyridine rings is 1. The molecule has 1 aliphatic rings. The van der Waals surface area contributed by atoms with Crippen LogP contribution < -0.4 is 5.56 Å². The Kier molecular flexibility index (Phi) is 3.93. The summed E-state index contributed by atoms with van der Waals surface area (Å²) < 4.78 is 1.97. The molecule has 2 rings (SSSR count). The summed E-state index contributed by atoms with van der Waals surface area (Å²) in [5, 5.41) is 0. The molecule has 2 nitrogen and oxygen atoms in total. The van der Waals surface area contributed by atoms with Gasteiger partial charge in [0.15, 0.2) is 0 Å². The molecule has 0 radical (unpaired) electrons. The van der Waals surface area contributed by atoms with Crippen LogP contribution in [0.5, 0.6) is 0 Å². The van der Waals surface area contributed by atoms with E-state index in [4.69, 9.17) is 11.6 Å². The van der Waals surface area contributed by atoms with Crippen molar-refractivity contribution in [2.45, 2.75) is 52.0 Å². The van der Waals surface area contributed by atoms with Crippen LogP contribution in [0.3, 0.4) is 0 Å². The first-order chi connectivity index (χ1) is 8.13. The van der Waals surface area contributed by atoms with Crippen LogP contribution in [0.2, 0.25) is 0 Å². The Bertz CT molecular complexity index is 462. The molecule has 17 heavy (non-hydrogen) atoms. The number of nitrogens with zero attached hydrogens (tertiary/aromatic N) is 1. The highest BCUT2D eigenvalue weighted by molar-refractivity contribution is 6.17. The molecule has 0 bridgehead atoms. The van der Waals surface area contributed by atoms with E-state index in [1.165, 1.54) is 17.7 Å². The monoisotopic (exact) mass is 253 g/mol. The second kappa shape index (κ2) is 5.26. The van der Waals surface area contributed by atoms with Crippen LogP contribution in [0.4, 0.5) is 0 Å². The Morgan fingerprint density at radius 1 is 1.41 bits per heavy atom. The first kappa shape index (κ1) is 12.7. The molecule has 0 saturated carbocycles. The number of aromatic nitrogens is 1. The topological polar surface area (TPSA) is 22.0 Å². The zero-order valence-corrected chi connectivity index (χ0v) is 11.4. The molecular weight excluding hydrogens is 234 g/mol. The van der Waals surface area contributed by atoms with Gasteiger partial charge in [0.05, 0.1) is 5.88 Å². The molecule has 1 aliphatic carbocycles. The van der Waals surface area contributed by atoms with Crippen molar-refractivity contribution in [2.24, 2.45) is 5.92 Å². The molecule has 0 aromatic carbocycles. The number of alkyl halides is 1. The Labute approximate surface area is 108 Å². The van der Waals surface area contributed by atoms with Crippen molar-refractivity contribution in [3.63, 3.8) is 0 Å². The fourth-order valence-electron chi connectivity index (χ4n) is 2.50. The van der Waals surface area contributed by atoms with E-state index >= 15 is 0 Å². The molecule has 3 heteroatoms. The summed E-state index contributed by atoms with van der Waals surface area (Å²) in [5.74, 6) is 0.951. The smallest absolute Gasteiger partial charge is 0.255 e. The Morgan fingerprint density at radius 3 is 2.82 bits per heavy atom. The summed E-state index contributed by atoms with van der Waals surface area (Å²) >= 11 is 5.86. The van der Waals surface area contributed by atoms with Gasteiger partial charge in [-0.15, -0.1) is 11.6 Å². The van der Waals surface area contributed by atoms with Crippen LogP contribution >= 0.6 is 11.6 Å². The van der Waals surface area contributed by atoms with E-state index in [0.29, 0.717) is 11.8 Å². The molecule has 0 aliphatic heterocycles. The number of halogens is 1. The van der Waals surface area contributed by atoms with Crippen LogP contribution in [0.15, 0.2) is 10.9 Å². The van der Waals surface area contributed by atoms with Gasteiger partial charge in [-0.2, -0.15) is 0 Å². The average Bonchev–Trinajstić information content (AvgIpc) is 2.74. The number of hydrogen-bond acceptors (Lipinski definition) is 1. The SMILES string of the molecule is CC(C)CCn1c2c(cc(CCl)c1=O)CCC2. The van der Waals surface area contributed by atoms with Crippen LogP contribution in [0.1, 0.15) is 43.5 Å². The predicted molar refractivity (Wildman–Crippen MR) is 71.7 cm³/mol. The van der Waals surface area contributed by atoms with Crippen LogP contribution in [0.25, 0.3) is 0 Å². The van der Waals surface area contributed by atoms with Crippen molar-refractivity contribution in [3.05, 3.63) is 33.2 Å². The lowest BCUT2D eigenvalue weighted by Crippen LogP contribution is -2.27. The molecule has 0 N–H and O–H groups in total. The molecule has 0 atom stereocenters. The maximum Gasteiger partial charge on any atom is 0.255 e. The summed E-state index contributed by atoms with van der Waals surface area (Å²) in [7, 11) is 0. The predicted octanol–water partition coefficient (Wildman–Crippen LogP) is 3.12. The second-order valence-corrected chi connectivity index (χ2v) is 5.54. The van der Waals surface area contributed by atoms with E-state index in [0.717, 1.165) is 31.4 Å². The van der Waals surface area contributed by atoms with E-state index in [1.807, 2.05) is 10.6 Å². The standard InChI is InChI=1S/C14H20ClNO/c1-10(2)6-7-16-13-5-3-4-11(13)8-12(9-15)14(16)17/h8,10H,3-7,9H2,1-2H3. The average molecular weight is 254 g/mol. The Hall–Kier alpha value is -0.760. The quantitative estimate of drug-likeness (QED) is 0.756. The summed E-state index contributed by atoms with van der Waals surface area (Å²) in [6.07, 6.45) is 4.37. The van der Waals surface area contributed by atoms with E-state index in [2.05, 4.69) is 13.8 Å². The highest BCUT2D eigenvalue weighted by Crippen LogP contribution is 2.22. The van der Waals surface area contributed by atoms with E-state index < -0.39 is 0 Å². The molecular formula is C14H20ClNO. The Balaban J connectivity index is 2.41. The summed E-state index contributed by atoms with van der Waals surface area (Å²) in [5.41, 5.74) is 3.48. The lowest BCUT2D eigenvalue weighted by atomic mass is 10.1. The van der Waals surface area contributed by atoms with Gasteiger partial charge < -0.3 is 4.57 Å². The van der Waals surface area contributed by atoms with E-state index in [9.17, 15) is 4.79 Å². The van der Waals surface area contributed by atoms with Crippen molar-refractivity contribution in [1.29, 1.82) is 0 Å². The molecule has 1 aromatic heterocycles. The largest absolute Gasteiger partial charge is 0.312 e. The summed E-state index contributed by atoms with van der Waals surface area (Å²) in [4.78, 5) is 12.3. The van der Waals surface area contributed by atoms with Crippen LogP contribution in [-0.2, 0) is 25.3 Å². The maximum absolute atomic E-state index is 12.3. The first-order valence-electron chi connectivity index (χ1n) is 6.44. The first-order valence-corrected chi connectivity index (χ1v) is 6.97. The van der Waals surface area contributed by atoms with Crippen molar-refractivity contribution in [2.75, 3.05) is 0 Å². The van der Waals surface area contributed by atoms with Crippen molar-refractivity contribution in [1.82, 2.24) is 4.57 Å². The number of hydrogen-bond donors (Lipinski definition) is 0. The van der Waals surface area contributed by atoms with Gasteiger partial charge in [-0.3, -0.25) is 4.79 Å². The zero-order valence-electron chi connectivity index (χ0n) is 10.6. The molecule has 0 saturated heterocycles. The minimum atomic E-state index is 0.126. The molecule has 0 spiro atoms. The van der Waals surface area contributed by atoms with Crippen LogP contribution in [-0.4, -0.2) is 4.57 Å². The molecule has 1 heterocycles. The third-order valence-electron chi connectivity index (χ3n) is 3.50. The van der Waals surface area contributed by atoms with Crippen molar-refractivity contribution in [3.8, 4) is 0 Å². The minimum Gasteiger partial charge on any atom is -0.312 e. The zero-order chi connectivity index (χ0) is 12.4. The molecule has 94 valence electrons. The summed E-state index contributed by atoms with van der Waals surface area (Å²) in [6, 6.07) is 2.02. The van der Waals surface area contributed by atoms with Crippen molar-refractivity contribution >= 4 is 11.6 Å². The number of aryl methyl sites for hydroxylation is 1. The third kappa shape index (κ3) is 2.57. The maximum atomic E-state index is 12.3. The fourth-order valence-corrected chi connectivity index (χ4v) is 2.69. The lowest BCUT2D eigenvalue weighted by Gasteiger charge is -2.15. The highest BCUT2D eigenvalue weighted by Gasteiger charge is 2.18. The molecule has 0 unspecified atom stereocenters. The van der Waals surface area contributed by atoms with Gasteiger partial charge in [-0.1, -0.05) is 13.8 Å². The Morgan fingerprint density at radius 2 is 2.18 bits per heavy atom. The van der Waals surface area contributed by atoms with Gasteiger partial charge in [0, 0.05) is 17.8 Å². The van der Waals surface area contributed by atoms with Gasteiger partial charge >= 0.3 is 0 Å². The van der Waals surface area contributed by atoms with Crippen molar-refractivity contribution < 1.29 is 0 Å². The highest BCUT2D eigenvalue weighted by atomic mass is 35.5. The molecule has 0 fully saturated rings. The molecule has 0 amide bonds. The van der Waals surface area contributed by atoms with Crippen LogP contribution in [0, 0.1) is 5.92 Å². The van der Waals surface area contributed by atoms with Gasteiger partial charge in [0.25, 0.3) is 5.56 Å². The fraction of sp³-hybridized carbons (Fsp3) is 0.643. The minimum absolute atomic E-state index is 0.126.